The van der Waals surface area contributed by atoms with Gasteiger partial charge in [-0.25, -0.2) is 0 Å². The van der Waals surface area contributed by atoms with Crippen LogP contribution in [0.25, 0.3) is 0 Å². The molecule has 0 aliphatic heterocycles. The number of carbonyl (C=O) groups is 1. The zero-order chi connectivity index (χ0) is 10.4. The van der Waals surface area contributed by atoms with Gasteiger partial charge in [0.25, 0.3) is 0 Å². The lowest BCUT2D eigenvalue weighted by Crippen LogP contribution is -2.39. The number of carbonyl (C=O) groups excluding carboxylic acids is 1. The number of nitrogens with zero attached hydrogens (tertiary/aromatic N) is 1. The predicted octanol–water partition coefficient (Wildman–Crippen LogP) is 0.673. The fourth-order valence-corrected chi connectivity index (χ4v) is 0.913. The van der Waals surface area contributed by atoms with Gasteiger partial charge in [-0.15, -0.1) is 0 Å². The van der Waals surface area contributed by atoms with Crippen molar-refractivity contribution in [3.05, 3.63) is 0 Å². The first-order chi connectivity index (χ1) is 6.04. The van der Waals surface area contributed by atoms with E-state index < -0.39 is 17.9 Å². The quantitative estimate of drug-likeness (QED) is 0.651. The molecule has 13 heavy (non-hydrogen) atoms. The van der Waals surface area contributed by atoms with Gasteiger partial charge in [-0.3, -0.25) is 4.79 Å². The van der Waals surface area contributed by atoms with Crippen molar-refractivity contribution < 1.29 is 9.53 Å². The fourth-order valence-electron chi connectivity index (χ4n) is 0.913. The maximum atomic E-state index is 11.2. The van der Waals surface area contributed by atoms with E-state index in [-0.39, 0.29) is 12.5 Å². The van der Waals surface area contributed by atoms with Gasteiger partial charge < -0.3 is 10.5 Å². The number of esters is 1. The van der Waals surface area contributed by atoms with E-state index in [1.54, 1.807) is 6.92 Å². The number of hydrogen-bond donors (Lipinski definition) is 1. The van der Waals surface area contributed by atoms with Crippen LogP contribution in [0.3, 0.4) is 0 Å². The van der Waals surface area contributed by atoms with Gasteiger partial charge in [-0.2, -0.15) is 5.26 Å². The second-order valence-electron chi connectivity index (χ2n) is 3.18. The first kappa shape index (κ1) is 11.9. The molecule has 2 N–H and O–H groups in total. The lowest BCUT2D eigenvalue weighted by atomic mass is 9.92. The third-order valence-electron chi connectivity index (χ3n) is 1.83. The number of hydrogen-bond acceptors (Lipinski definition) is 4. The smallest absolute Gasteiger partial charge is 0.324 e. The minimum absolute atomic E-state index is 0.0917. The SMILES string of the molecule is CCOC(=O)C(C#N)C(N)C(C)C. The first-order valence-electron chi connectivity index (χ1n) is 4.36. The van der Waals surface area contributed by atoms with Crippen LogP contribution in [-0.4, -0.2) is 18.6 Å². The Bertz CT molecular complexity index is 208. The molecule has 0 aliphatic carbocycles. The summed E-state index contributed by atoms with van der Waals surface area (Å²) in [7, 11) is 0. The molecule has 0 bridgehead atoms. The van der Waals surface area contributed by atoms with Gasteiger partial charge >= 0.3 is 5.97 Å². The van der Waals surface area contributed by atoms with Gasteiger partial charge in [-0.05, 0) is 12.8 Å². The normalized spacial score (nSPS) is 14.8. The summed E-state index contributed by atoms with van der Waals surface area (Å²) < 4.78 is 4.72. The third kappa shape index (κ3) is 3.43. The molecule has 0 rings (SSSR count). The molecule has 0 aliphatic rings. The van der Waals surface area contributed by atoms with Gasteiger partial charge in [-0.1, -0.05) is 13.8 Å². The summed E-state index contributed by atoms with van der Waals surface area (Å²) in [5.74, 6) is -1.28. The molecular formula is C9H16N2O2. The molecule has 4 heteroatoms. The lowest BCUT2D eigenvalue weighted by Gasteiger charge is -2.19. The maximum absolute atomic E-state index is 11.2. The van der Waals surface area contributed by atoms with Crippen molar-refractivity contribution in [3.63, 3.8) is 0 Å². The summed E-state index contributed by atoms with van der Waals surface area (Å²) in [6, 6.07) is 1.41. The van der Waals surface area contributed by atoms with Gasteiger partial charge in [0.05, 0.1) is 12.7 Å². The van der Waals surface area contributed by atoms with Crippen molar-refractivity contribution in [2.45, 2.75) is 26.8 Å². The van der Waals surface area contributed by atoms with Crippen molar-refractivity contribution in [1.29, 1.82) is 5.26 Å². The molecule has 0 heterocycles. The third-order valence-corrected chi connectivity index (χ3v) is 1.83. The molecule has 0 aromatic rings. The minimum Gasteiger partial charge on any atom is -0.465 e. The fraction of sp³-hybridized carbons (Fsp3) is 0.778. The molecule has 0 aromatic heterocycles. The Balaban J connectivity index is 4.35. The highest BCUT2D eigenvalue weighted by molar-refractivity contribution is 5.76. The summed E-state index contributed by atoms with van der Waals surface area (Å²) in [6.07, 6.45) is 0. The molecule has 0 saturated carbocycles. The van der Waals surface area contributed by atoms with Gasteiger partial charge in [0, 0.05) is 6.04 Å². The van der Waals surface area contributed by atoms with Crippen LogP contribution >= 0.6 is 0 Å². The highest BCUT2D eigenvalue weighted by atomic mass is 16.5. The Hall–Kier alpha value is -1.08. The van der Waals surface area contributed by atoms with E-state index in [1.807, 2.05) is 19.9 Å². The van der Waals surface area contributed by atoms with Gasteiger partial charge in [0.2, 0.25) is 0 Å². The van der Waals surface area contributed by atoms with E-state index in [4.69, 9.17) is 15.7 Å². The van der Waals surface area contributed by atoms with E-state index in [0.29, 0.717) is 0 Å². The summed E-state index contributed by atoms with van der Waals surface area (Å²) in [6.45, 7) is 5.72. The molecular weight excluding hydrogens is 168 g/mol. The van der Waals surface area contributed by atoms with Crippen LogP contribution in [0.1, 0.15) is 20.8 Å². The van der Waals surface area contributed by atoms with Crippen LogP contribution < -0.4 is 5.73 Å². The van der Waals surface area contributed by atoms with Crippen LogP contribution in [0, 0.1) is 23.2 Å². The van der Waals surface area contributed by atoms with Crippen molar-refractivity contribution >= 4 is 5.97 Å². The highest BCUT2D eigenvalue weighted by Crippen LogP contribution is 2.11. The average molecular weight is 184 g/mol. The molecule has 74 valence electrons. The van der Waals surface area contributed by atoms with Crippen LogP contribution in [0.4, 0.5) is 0 Å². The molecule has 2 unspecified atom stereocenters. The zero-order valence-corrected chi connectivity index (χ0v) is 8.28. The summed E-state index contributed by atoms with van der Waals surface area (Å²) in [5, 5.41) is 8.71. The van der Waals surface area contributed by atoms with Gasteiger partial charge in [0.15, 0.2) is 5.92 Å². The summed E-state index contributed by atoms with van der Waals surface area (Å²) >= 11 is 0. The van der Waals surface area contributed by atoms with Crippen LogP contribution in [0.5, 0.6) is 0 Å². The number of nitriles is 1. The number of nitrogens with two attached hydrogens (primary N) is 1. The topological polar surface area (TPSA) is 76.1 Å². The van der Waals surface area contributed by atoms with E-state index in [9.17, 15) is 4.79 Å². The molecule has 0 radical (unpaired) electrons. The Labute approximate surface area is 78.7 Å². The van der Waals surface area contributed by atoms with Crippen molar-refractivity contribution in [3.8, 4) is 6.07 Å². The lowest BCUT2D eigenvalue weighted by molar-refractivity contribution is -0.146. The molecule has 4 nitrogen and oxygen atoms in total. The molecule has 2 atom stereocenters. The average Bonchev–Trinajstić information content (AvgIpc) is 2.05. The Kier molecular flexibility index (Phi) is 5.09. The molecule has 0 spiro atoms. The zero-order valence-electron chi connectivity index (χ0n) is 8.28. The largest absolute Gasteiger partial charge is 0.465 e. The van der Waals surface area contributed by atoms with E-state index in [1.165, 1.54) is 0 Å². The van der Waals surface area contributed by atoms with Crippen LogP contribution in [0.15, 0.2) is 0 Å². The minimum atomic E-state index is -0.847. The van der Waals surface area contributed by atoms with Gasteiger partial charge in [0.1, 0.15) is 0 Å². The Morgan fingerprint density at radius 2 is 2.15 bits per heavy atom. The van der Waals surface area contributed by atoms with Crippen molar-refractivity contribution in [2.75, 3.05) is 6.61 Å². The maximum Gasteiger partial charge on any atom is 0.324 e. The van der Waals surface area contributed by atoms with Crippen molar-refractivity contribution in [1.82, 2.24) is 0 Å². The first-order valence-corrected chi connectivity index (χ1v) is 4.36. The Morgan fingerprint density at radius 1 is 1.62 bits per heavy atom. The molecule has 0 aromatic carbocycles. The molecule has 0 amide bonds. The number of rotatable bonds is 4. The van der Waals surface area contributed by atoms with E-state index in [0.717, 1.165) is 0 Å². The summed E-state index contributed by atoms with van der Waals surface area (Å²) in [4.78, 5) is 11.2. The van der Waals surface area contributed by atoms with Crippen LogP contribution in [-0.2, 0) is 9.53 Å². The van der Waals surface area contributed by atoms with Crippen molar-refractivity contribution in [2.24, 2.45) is 17.6 Å². The second-order valence-corrected chi connectivity index (χ2v) is 3.18. The highest BCUT2D eigenvalue weighted by Gasteiger charge is 2.28. The van der Waals surface area contributed by atoms with E-state index >= 15 is 0 Å². The Morgan fingerprint density at radius 3 is 2.46 bits per heavy atom. The summed E-state index contributed by atoms with van der Waals surface area (Å²) in [5.41, 5.74) is 5.68. The van der Waals surface area contributed by atoms with E-state index in [2.05, 4.69) is 0 Å². The molecule has 0 saturated heterocycles. The monoisotopic (exact) mass is 184 g/mol. The number of ether oxygens (including phenoxy) is 1. The molecule has 0 fully saturated rings. The second kappa shape index (κ2) is 5.55. The standard InChI is InChI=1S/C9H16N2O2/c1-4-13-9(12)7(5-10)8(11)6(2)3/h6-8H,4,11H2,1-3H3. The van der Waals surface area contributed by atoms with Crippen LogP contribution in [0.2, 0.25) is 0 Å². The predicted molar refractivity (Wildman–Crippen MR) is 48.5 cm³/mol.